The third-order valence-corrected chi connectivity index (χ3v) is 5.25. The van der Waals surface area contributed by atoms with E-state index in [9.17, 15) is 14.4 Å². The predicted molar refractivity (Wildman–Crippen MR) is 124 cm³/mol. The van der Waals surface area contributed by atoms with Gasteiger partial charge in [0.05, 0.1) is 11.7 Å². The second-order valence-electron chi connectivity index (χ2n) is 7.10. The maximum absolute atomic E-state index is 13.3. The first-order valence-electron chi connectivity index (χ1n) is 9.89. The van der Waals surface area contributed by atoms with Crippen LogP contribution in [0.2, 0.25) is 5.02 Å². The molecule has 32 heavy (non-hydrogen) atoms. The number of carbonyl (C=O) groups excluding carboxylic acids is 1. The molecular weight excluding hydrogens is 428 g/mol. The fourth-order valence-electron chi connectivity index (χ4n) is 3.32. The van der Waals surface area contributed by atoms with E-state index in [-0.39, 0.29) is 0 Å². The normalized spacial score (nSPS) is 11.7. The average Bonchev–Trinajstić information content (AvgIpc) is 2.81. The summed E-state index contributed by atoms with van der Waals surface area (Å²) in [6.45, 7) is 1.73. The van der Waals surface area contributed by atoms with Crippen LogP contribution in [-0.4, -0.2) is 20.3 Å². The van der Waals surface area contributed by atoms with E-state index in [0.29, 0.717) is 16.4 Å². The monoisotopic (exact) mass is 446 g/mol. The molecule has 0 unspecified atom stereocenters. The third kappa shape index (κ3) is 4.24. The number of rotatable bonds is 5. The molecule has 4 rings (SSSR count). The molecule has 0 aliphatic rings. The van der Waals surface area contributed by atoms with Gasteiger partial charge in [-0.15, -0.1) is 0 Å². The summed E-state index contributed by atoms with van der Waals surface area (Å²) in [5.41, 5.74) is -0.205. The number of halogens is 1. The summed E-state index contributed by atoms with van der Waals surface area (Å²) in [6.07, 6.45) is 0. The third-order valence-electron chi connectivity index (χ3n) is 5.00. The zero-order chi connectivity index (χ0) is 22.7. The van der Waals surface area contributed by atoms with E-state index in [2.05, 4.69) is 10.4 Å². The molecule has 8 heteroatoms. The molecule has 1 atom stereocenters. The van der Waals surface area contributed by atoms with Crippen LogP contribution in [0.15, 0.2) is 94.5 Å². The van der Waals surface area contributed by atoms with Crippen molar-refractivity contribution in [3.05, 3.63) is 122 Å². The van der Waals surface area contributed by atoms with Gasteiger partial charge in [0, 0.05) is 10.7 Å². The molecule has 0 aliphatic heterocycles. The van der Waals surface area contributed by atoms with Crippen LogP contribution >= 0.6 is 11.6 Å². The highest BCUT2D eigenvalue weighted by atomic mass is 35.5. The fourth-order valence-corrected chi connectivity index (χ4v) is 3.44. The van der Waals surface area contributed by atoms with Crippen LogP contribution in [0, 0.1) is 0 Å². The van der Waals surface area contributed by atoms with Gasteiger partial charge >= 0.3 is 5.69 Å². The van der Waals surface area contributed by atoms with Gasteiger partial charge in [0.25, 0.3) is 11.5 Å². The van der Waals surface area contributed by atoms with Gasteiger partial charge in [0.2, 0.25) is 5.69 Å². The van der Waals surface area contributed by atoms with Crippen molar-refractivity contribution in [3.63, 3.8) is 0 Å². The van der Waals surface area contributed by atoms with Crippen LogP contribution in [0.1, 0.15) is 29.0 Å². The minimum Gasteiger partial charge on any atom is -0.320 e. The second-order valence-corrected chi connectivity index (χ2v) is 7.54. The minimum absolute atomic E-state index is 0.377. The van der Waals surface area contributed by atoms with Crippen molar-refractivity contribution in [1.29, 1.82) is 0 Å². The number of nitrogens with zero attached hydrogens (tertiary/aromatic N) is 3. The van der Waals surface area contributed by atoms with Gasteiger partial charge in [-0.2, -0.15) is 9.78 Å². The average molecular weight is 447 g/mol. The van der Waals surface area contributed by atoms with Gasteiger partial charge in [0.15, 0.2) is 0 Å². The Kier molecular flexibility index (Phi) is 6.00. The standard InChI is InChI=1S/C24H19ClN4O3/c1-16(17-8-4-2-5-9-17)28-23(31)21(22(30)26-19-10-6-3-7-11-19)27-29(24(28)32)20-14-12-18(25)13-15-20/h2-16H,1H3,(H,26,30)/t16-/m0/s1. The highest BCUT2D eigenvalue weighted by Gasteiger charge is 2.23. The Bertz CT molecular complexity index is 1360. The molecule has 7 nitrogen and oxygen atoms in total. The number of hydrogen-bond donors (Lipinski definition) is 1. The fraction of sp³-hybridized carbons (Fsp3) is 0.0833. The number of para-hydroxylation sites is 1. The van der Waals surface area contributed by atoms with E-state index in [4.69, 9.17) is 11.6 Å². The number of anilines is 1. The second kappa shape index (κ2) is 9.03. The summed E-state index contributed by atoms with van der Waals surface area (Å²) in [7, 11) is 0. The number of amides is 1. The topological polar surface area (TPSA) is 86.0 Å². The lowest BCUT2D eigenvalue weighted by molar-refractivity contribution is 0.101. The Morgan fingerprint density at radius 2 is 1.50 bits per heavy atom. The van der Waals surface area contributed by atoms with Crippen LogP contribution < -0.4 is 16.6 Å². The zero-order valence-corrected chi connectivity index (χ0v) is 17.9. The van der Waals surface area contributed by atoms with Gasteiger partial charge in [0.1, 0.15) is 0 Å². The maximum atomic E-state index is 13.3. The Labute approximate surface area is 188 Å². The van der Waals surface area contributed by atoms with E-state index in [0.717, 1.165) is 14.8 Å². The maximum Gasteiger partial charge on any atom is 0.352 e. The Morgan fingerprint density at radius 3 is 2.12 bits per heavy atom. The van der Waals surface area contributed by atoms with Crippen molar-refractivity contribution in [1.82, 2.24) is 14.3 Å². The number of aromatic nitrogens is 3. The lowest BCUT2D eigenvalue weighted by Crippen LogP contribution is -2.46. The van der Waals surface area contributed by atoms with Crippen molar-refractivity contribution in [3.8, 4) is 5.69 Å². The van der Waals surface area contributed by atoms with Crippen LogP contribution in [0.5, 0.6) is 0 Å². The minimum atomic E-state index is -0.773. The number of carbonyl (C=O) groups is 1. The Balaban J connectivity index is 1.90. The number of hydrogen-bond acceptors (Lipinski definition) is 4. The molecule has 0 radical (unpaired) electrons. The van der Waals surface area contributed by atoms with Crippen LogP contribution in [0.4, 0.5) is 5.69 Å². The summed E-state index contributed by atoms with van der Waals surface area (Å²) in [4.78, 5) is 39.6. The van der Waals surface area contributed by atoms with Gasteiger partial charge in [-0.3, -0.25) is 9.59 Å². The van der Waals surface area contributed by atoms with E-state index < -0.39 is 28.9 Å². The molecule has 0 saturated heterocycles. The highest BCUT2D eigenvalue weighted by Crippen LogP contribution is 2.16. The van der Waals surface area contributed by atoms with Crippen molar-refractivity contribution in [2.24, 2.45) is 0 Å². The van der Waals surface area contributed by atoms with Gasteiger partial charge in [-0.1, -0.05) is 60.1 Å². The molecular formula is C24H19ClN4O3. The van der Waals surface area contributed by atoms with Crippen LogP contribution in [0.3, 0.4) is 0 Å². The van der Waals surface area contributed by atoms with Crippen molar-refractivity contribution in [2.45, 2.75) is 13.0 Å². The zero-order valence-electron chi connectivity index (χ0n) is 17.1. The van der Waals surface area contributed by atoms with Crippen LogP contribution in [-0.2, 0) is 0 Å². The Morgan fingerprint density at radius 1 is 0.906 bits per heavy atom. The molecule has 1 aromatic heterocycles. The molecule has 0 fully saturated rings. The molecule has 1 amide bonds. The molecule has 160 valence electrons. The van der Waals surface area contributed by atoms with Gasteiger partial charge in [-0.05, 0) is 48.9 Å². The van der Waals surface area contributed by atoms with Crippen molar-refractivity contribution >= 4 is 23.2 Å². The van der Waals surface area contributed by atoms with Gasteiger partial charge in [-0.25, -0.2) is 9.36 Å². The summed E-state index contributed by atoms with van der Waals surface area (Å²) >= 11 is 5.97. The van der Waals surface area contributed by atoms with E-state index in [1.54, 1.807) is 55.5 Å². The first-order chi connectivity index (χ1) is 15.5. The summed E-state index contributed by atoms with van der Waals surface area (Å²) in [6, 6.07) is 23.6. The molecule has 3 aromatic carbocycles. The lowest BCUT2D eigenvalue weighted by Gasteiger charge is -2.17. The van der Waals surface area contributed by atoms with Crippen LogP contribution in [0.25, 0.3) is 5.69 Å². The van der Waals surface area contributed by atoms with E-state index in [1.807, 2.05) is 36.4 Å². The lowest BCUT2D eigenvalue weighted by atomic mass is 10.1. The summed E-state index contributed by atoms with van der Waals surface area (Å²) < 4.78 is 2.08. The first kappa shape index (κ1) is 21.3. The predicted octanol–water partition coefficient (Wildman–Crippen LogP) is 3.91. The van der Waals surface area contributed by atoms with Gasteiger partial charge < -0.3 is 5.32 Å². The quantitative estimate of drug-likeness (QED) is 0.503. The van der Waals surface area contributed by atoms with Crippen molar-refractivity contribution in [2.75, 3.05) is 5.32 Å². The smallest absolute Gasteiger partial charge is 0.320 e. The molecule has 0 saturated carbocycles. The summed E-state index contributed by atoms with van der Waals surface area (Å²) in [5.74, 6) is -0.710. The van der Waals surface area contributed by atoms with Crippen molar-refractivity contribution < 1.29 is 4.79 Å². The first-order valence-corrected chi connectivity index (χ1v) is 10.3. The molecule has 0 bridgehead atoms. The van der Waals surface area contributed by atoms with E-state index >= 15 is 0 Å². The molecule has 4 aromatic rings. The number of benzene rings is 3. The SMILES string of the molecule is C[C@@H](c1ccccc1)n1c(=O)c(C(=O)Nc2ccccc2)nn(-c2ccc(Cl)cc2)c1=O. The molecule has 1 N–H and O–H groups in total. The Hall–Kier alpha value is -3.97. The van der Waals surface area contributed by atoms with E-state index in [1.165, 1.54) is 0 Å². The molecule has 0 spiro atoms. The molecule has 0 aliphatic carbocycles. The highest BCUT2D eigenvalue weighted by molar-refractivity contribution is 6.30. The molecule has 1 heterocycles. The summed E-state index contributed by atoms with van der Waals surface area (Å²) in [5, 5.41) is 7.26. The number of nitrogens with one attached hydrogen (secondary N) is 1. The largest absolute Gasteiger partial charge is 0.352 e.